The zero-order valence-electron chi connectivity index (χ0n) is 8.73. The van der Waals surface area contributed by atoms with E-state index in [1.54, 1.807) is 0 Å². The lowest BCUT2D eigenvalue weighted by Gasteiger charge is -2.38. The van der Waals surface area contributed by atoms with Crippen molar-refractivity contribution >= 4 is 11.6 Å². The van der Waals surface area contributed by atoms with Crippen molar-refractivity contribution in [1.29, 1.82) is 0 Å². The zero-order chi connectivity index (χ0) is 9.35. The third kappa shape index (κ3) is 2.39. The molecule has 0 unspecified atom stereocenters. The molecule has 1 rings (SSSR count). The Hall–Kier alpha value is 0.290. The second kappa shape index (κ2) is 3.57. The molecule has 0 amide bonds. The molecule has 1 heteroatoms. The van der Waals surface area contributed by atoms with Crippen LogP contribution in [0.4, 0.5) is 0 Å². The van der Waals surface area contributed by atoms with Crippen LogP contribution in [-0.4, -0.2) is 5.38 Å². The van der Waals surface area contributed by atoms with Crippen LogP contribution in [0.15, 0.2) is 0 Å². The van der Waals surface area contributed by atoms with E-state index in [1.165, 1.54) is 19.3 Å². The Kier molecular flexibility index (Phi) is 3.09. The first kappa shape index (κ1) is 10.4. The minimum absolute atomic E-state index is 0.434. The van der Waals surface area contributed by atoms with E-state index in [-0.39, 0.29) is 0 Å². The largest absolute Gasteiger partial charge is 0.123 e. The summed E-state index contributed by atoms with van der Waals surface area (Å²) in [4.78, 5) is 0. The van der Waals surface area contributed by atoms with E-state index in [4.69, 9.17) is 11.6 Å². The third-order valence-corrected chi connectivity index (χ3v) is 3.94. The van der Waals surface area contributed by atoms with Crippen molar-refractivity contribution in [3.63, 3.8) is 0 Å². The maximum absolute atomic E-state index is 6.18. The Morgan fingerprint density at radius 3 is 2.17 bits per heavy atom. The van der Waals surface area contributed by atoms with Gasteiger partial charge in [-0.1, -0.05) is 27.7 Å². The van der Waals surface area contributed by atoms with Gasteiger partial charge in [-0.05, 0) is 36.5 Å². The van der Waals surface area contributed by atoms with Crippen LogP contribution in [0.2, 0.25) is 0 Å². The maximum atomic E-state index is 6.18. The molecular weight excluding hydrogens is 168 g/mol. The summed E-state index contributed by atoms with van der Waals surface area (Å²) in [6.45, 7) is 9.33. The molecule has 0 radical (unpaired) electrons. The number of rotatable bonds is 0. The summed E-state index contributed by atoms with van der Waals surface area (Å²) in [5.41, 5.74) is 0.477. The molecule has 1 aliphatic rings. The van der Waals surface area contributed by atoms with Crippen LogP contribution in [0, 0.1) is 17.3 Å². The molecule has 0 nitrogen and oxygen atoms in total. The second-order valence-electron chi connectivity index (χ2n) is 5.37. The van der Waals surface area contributed by atoms with E-state index in [0.717, 1.165) is 5.92 Å². The van der Waals surface area contributed by atoms with E-state index < -0.39 is 0 Å². The van der Waals surface area contributed by atoms with E-state index in [0.29, 0.717) is 16.7 Å². The fourth-order valence-corrected chi connectivity index (χ4v) is 2.37. The lowest BCUT2D eigenvalue weighted by atomic mass is 9.69. The van der Waals surface area contributed by atoms with Gasteiger partial charge in [-0.15, -0.1) is 11.6 Å². The van der Waals surface area contributed by atoms with Crippen LogP contribution in [0.3, 0.4) is 0 Å². The molecule has 72 valence electrons. The lowest BCUT2D eigenvalue weighted by Crippen LogP contribution is -2.30. The molecule has 0 heterocycles. The normalized spacial score (nSPS) is 38.2. The highest BCUT2D eigenvalue weighted by molar-refractivity contribution is 6.20. The Labute approximate surface area is 81.7 Å². The van der Waals surface area contributed by atoms with Crippen LogP contribution >= 0.6 is 11.6 Å². The smallest absolute Gasteiger partial charge is 0.0361 e. The van der Waals surface area contributed by atoms with Crippen molar-refractivity contribution in [1.82, 2.24) is 0 Å². The molecule has 3 atom stereocenters. The molecule has 0 aromatic heterocycles. The van der Waals surface area contributed by atoms with Crippen LogP contribution in [-0.2, 0) is 0 Å². The highest BCUT2D eigenvalue weighted by Gasteiger charge is 2.32. The lowest BCUT2D eigenvalue weighted by molar-refractivity contribution is 0.151. The molecule has 0 N–H and O–H groups in total. The van der Waals surface area contributed by atoms with Gasteiger partial charge in [0.05, 0.1) is 0 Å². The molecule has 1 aliphatic carbocycles. The molecule has 0 aliphatic heterocycles. The first-order valence-electron chi connectivity index (χ1n) is 5.05. The van der Waals surface area contributed by atoms with Crippen LogP contribution < -0.4 is 0 Å². The molecule has 12 heavy (non-hydrogen) atoms. The Balaban J connectivity index is 2.51. The van der Waals surface area contributed by atoms with Crippen molar-refractivity contribution in [2.45, 2.75) is 52.3 Å². The first-order chi connectivity index (χ1) is 5.41. The molecule has 1 saturated carbocycles. The Morgan fingerprint density at radius 1 is 1.17 bits per heavy atom. The van der Waals surface area contributed by atoms with E-state index >= 15 is 0 Å². The minimum atomic E-state index is 0.434. The van der Waals surface area contributed by atoms with Gasteiger partial charge < -0.3 is 0 Å². The van der Waals surface area contributed by atoms with Crippen molar-refractivity contribution in [3.8, 4) is 0 Å². The average Bonchev–Trinajstić information content (AvgIpc) is 1.92. The highest BCUT2D eigenvalue weighted by Crippen LogP contribution is 2.41. The third-order valence-electron chi connectivity index (χ3n) is 3.29. The Morgan fingerprint density at radius 2 is 1.75 bits per heavy atom. The molecule has 0 bridgehead atoms. The summed E-state index contributed by atoms with van der Waals surface area (Å²) in [6, 6.07) is 0. The van der Waals surface area contributed by atoms with Gasteiger partial charge in [0, 0.05) is 5.38 Å². The SMILES string of the molecule is C[C@@H]1C[C@H](C(C)(C)C)CC[C@@H]1Cl. The number of alkyl halides is 1. The molecular formula is C11H21Cl. The average molecular weight is 189 g/mol. The van der Waals surface area contributed by atoms with Crippen LogP contribution in [0.25, 0.3) is 0 Å². The first-order valence-corrected chi connectivity index (χ1v) is 5.49. The topological polar surface area (TPSA) is 0 Å². The molecule has 1 fully saturated rings. The summed E-state index contributed by atoms with van der Waals surface area (Å²) in [5.74, 6) is 1.59. The monoisotopic (exact) mass is 188 g/mol. The minimum Gasteiger partial charge on any atom is -0.123 e. The molecule has 0 spiro atoms. The van der Waals surface area contributed by atoms with Gasteiger partial charge in [-0.2, -0.15) is 0 Å². The van der Waals surface area contributed by atoms with Gasteiger partial charge in [0.25, 0.3) is 0 Å². The summed E-state index contributed by atoms with van der Waals surface area (Å²) in [5, 5.41) is 0.434. The van der Waals surface area contributed by atoms with Gasteiger partial charge in [-0.25, -0.2) is 0 Å². The van der Waals surface area contributed by atoms with Gasteiger partial charge in [0.2, 0.25) is 0 Å². The predicted molar refractivity (Wildman–Crippen MR) is 55.6 cm³/mol. The van der Waals surface area contributed by atoms with Gasteiger partial charge in [0.15, 0.2) is 0 Å². The van der Waals surface area contributed by atoms with Crippen LogP contribution in [0.1, 0.15) is 47.0 Å². The molecule has 0 saturated heterocycles. The van der Waals surface area contributed by atoms with Crippen molar-refractivity contribution in [2.75, 3.05) is 0 Å². The summed E-state index contributed by atoms with van der Waals surface area (Å²) < 4.78 is 0. The fraction of sp³-hybridized carbons (Fsp3) is 1.00. The fourth-order valence-electron chi connectivity index (χ4n) is 2.15. The molecule has 0 aromatic rings. The van der Waals surface area contributed by atoms with E-state index in [9.17, 15) is 0 Å². The summed E-state index contributed by atoms with van der Waals surface area (Å²) in [6.07, 6.45) is 3.85. The van der Waals surface area contributed by atoms with Gasteiger partial charge in [-0.3, -0.25) is 0 Å². The van der Waals surface area contributed by atoms with Crippen molar-refractivity contribution in [2.24, 2.45) is 17.3 Å². The van der Waals surface area contributed by atoms with Gasteiger partial charge in [0.1, 0.15) is 0 Å². The second-order valence-corrected chi connectivity index (χ2v) is 5.93. The summed E-state index contributed by atoms with van der Waals surface area (Å²) >= 11 is 6.18. The van der Waals surface area contributed by atoms with Crippen molar-refractivity contribution in [3.05, 3.63) is 0 Å². The highest BCUT2D eigenvalue weighted by atomic mass is 35.5. The summed E-state index contributed by atoms with van der Waals surface area (Å²) in [7, 11) is 0. The van der Waals surface area contributed by atoms with Crippen LogP contribution in [0.5, 0.6) is 0 Å². The van der Waals surface area contributed by atoms with Crippen molar-refractivity contribution < 1.29 is 0 Å². The standard InChI is InChI=1S/C11H21Cl/c1-8-7-9(11(2,3)4)5-6-10(8)12/h8-10H,5-7H2,1-4H3/t8-,9-,10+/m1/s1. The number of hydrogen-bond acceptors (Lipinski definition) is 0. The number of hydrogen-bond donors (Lipinski definition) is 0. The molecule has 0 aromatic carbocycles. The van der Waals surface area contributed by atoms with E-state index in [1.807, 2.05) is 0 Å². The Bertz CT molecular complexity index is 146. The quantitative estimate of drug-likeness (QED) is 0.503. The maximum Gasteiger partial charge on any atom is 0.0361 e. The number of halogens is 1. The van der Waals surface area contributed by atoms with E-state index in [2.05, 4.69) is 27.7 Å². The predicted octanol–water partition coefficient (Wildman–Crippen LogP) is 4.08. The zero-order valence-corrected chi connectivity index (χ0v) is 9.49. The van der Waals surface area contributed by atoms with Gasteiger partial charge >= 0.3 is 0 Å².